The van der Waals surface area contributed by atoms with E-state index < -0.39 is 0 Å². The molecule has 0 aliphatic carbocycles. The van der Waals surface area contributed by atoms with Crippen LogP contribution in [-0.4, -0.2) is 19.0 Å². The molecule has 0 aromatic heterocycles. The third-order valence-corrected chi connectivity index (χ3v) is 2.32. The molecule has 0 saturated heterocycles. The lowest BCUT2D eigenvalue weighted by molar-refractivity contribution is 0.101. The van der Waals surface area contributed by atoms with Crippen LogP contribution in [0.1, 0.15) is 17.3 Å². The first-order valence-electron chi connectivity index (χ1n) is 4.28. The first-order chi connectivity index (χ1) is 6.68. The maximum atomic E-state index is 11.2. The average Bonchev–Trinajstić information content (AvgIpc) is 2.16. The highest BCUT2D eigenvalue weighted by Crippen LogP contribution is 2.35. The molecule has 1 aliphatic heterocycles. The lowest BCUT2D eigenvalue weighted by Crippen LogP contribution is -2.15. The van der Waals surface area contributed by atoms with E-state index in [9.17, 15) is 4.79 Å². The van der Waals surface area contributed by atoms with Crippen LogP contribution in [-0.2, 0) is 0 Å². The summed E-state index contributed by atoms with van der Waals surface area (Å²) in [6.07, 6.45) is 0. The molecule has 4 heteroatoms. The van der Waals surface area contributed by atoms with Crippen molar-refractivity contribution >= 4 is 17.4 Å². The minimum Gasteiger partial charge on any atom is -0.486 e. The zero-order valence-corrected chi connectivity index (χ0v) is 8.43. The third-order valence-electron chi connectivity index (χ3n) is 2.01. The number of carbonyl (C=O) groups is 1. The van der Waals surface area contributed by atoms with Gasteiger partial charge in [-0.1, -0.05) is 11.6 Å². The molecule has 0 unspecified atom stereocenters. The normalized spacial score (nSPS) is 13.9. The molecule has 1 heterocycles. The van der Waals surface area contributed by atoms with E-state index in [0.717, 1.165) is 0 Å². The van der Waals surface area contributed by atoms with Gasteiger partial charge in [0.15, 0.2) is 17.3 Å². The van der Waals surface area contributed by atoms with Crippen LogP contribution in [0.15, 0.2) is 12.1 Å². The number of benzene rings is 1. The van der Waals surface area contributed by atoms with Crippen molar-refractivity contribution in [2.75, 3.05) is 13.2 Å². The summed E-state index contributed by atoms with van der Waals surface area (Å²) in [7, 11) is 0. The second-order valence-corrected chi connectivity index (χ2v) is 3.44. The van der Waals surface area contributed by atoms with Gasteiger partial charge >= 0.3 is 0 Å². The maximum Gasteiger partial charge on any atom is 0.162 e. The first kappa shape index (κ1) is 9.34. The standard InChI is InChI=1S/C10H9ClO3/c1-6(12)7-4-9-10(5-8(7)11)14-3-2-13-9/h4-5H,2-3H2,1H3. The van der Waals surface area contributed by atoms with Crippen molar-refractivity contribution in [1.82, 2.24) is 0 Å². The molecule has 1 aliphatic rings. The lowest BCUT2D eigenvalue weighted by Gasteiger charge is -2.19. The number of Topliss-reactive ketones (excluding diaryl/α,β-unsaturated/α-hetero) is 1. The number of ketones is 1. The zero-order valence-electron chi connectivity index (χ0n) is 7.67. The number of fused-ring (bicyclic) bond motifs is 1. The van der Waals surface area contributed by atoms with Gasteiger partial charge in [0.05, 0.1) is 5.02 Å². The summed E-state index contributed by atoms with van der Waals surface area (Å²) in [5, 5.41) is 0.404. The molecule has 1 aromatic carbocycles. The van der Waals surface area contributed by atoms with Gasteiger partial charge in [0.25, 0.3) is 0 Å². The highest BCUT2D eigenvalue weighted by molar-refractivity contribution is 6.34. The number of hydrogen-bond donors (Lipinski definition) is 0. The van der Waals surface area contributed by atoms with Gasteiger partial charge in [0.1, 0.15) is 13.2 Å². The molecule has 0 amide bonds. The Hall–Kier alpha value is -1.22. The summed E-state index contributed by atoms with van der Waals surface area (Å²) >= 11 is 5.90. The Labute approximate surface area is 86.6 Å². The number of hydrogen-bond acceptors (Lipinski definition) is 3. The largest absolute Gasteiger partial charge is 0.486 e. The number of carbonyl (C=O) groups excluding carboxylic acids is 1. The van der Waals surface area contributed by atoms with E-state index in [1.165, 1.54) is 6.92 Å². The molecule has 74 valence electrons. The SMILES string of the molecule is CC(=O)c1cc2c(cc1Cl)OCCO2. The Morgan fingerprint density at radius 2 is 1.86 bits per heavy atom. The molecule has 3 nitrogen and oxygen atoms in total. The van der Waals surface area contributed by atoms with Crippen LogP contribution < -0.4 is 9.47 Å². The van der Waals surface area contributed by atoms with Gasteiger partial charge in [-0.2, -0.15) is 0 Å². The average molecular weight is 213 g/mol. The van der Waals surface area contributed by atoms with Crippen LogP contribution in [0.5, 0.6) is 11.5 Å². The van der Waals surface area contributed by atoms with E-state index in [4.69, 9.17) is 21.1 Å². The molecule has 0 N–H and O–H groups in total. The van der Waals surface area contributed by atoms with Crippen molar-refractivity contribution in [2.24, 2.45) is 0 Å². The second-order valence-electron chi connectivity index (χ2n) is 3.03. The van der Waals surface area contributed by atoms with E-state index in [0.29, 0.717) is 35.3 Å². The zero-order chi connectivity index (χ0) is 10.1. The van der Waals surface area contributed by atoms with Crippen molar-refractivity contribution < 1.29 is 14.3 Å². The van der Waals surface area contributed by atoms with E-state index >= 15 is 0 Å². The molecule has 14 heavy (non-hydrogen) atoms. The van der Waals surface area contributed by atoms with Crippen LogP contribution in [0.25, 0.3) is 0 Å². The molecule has 0 fully saturated rings. The van der Waals surface area contributed by atoms with E-state index in [-0.39, 0.29) is 5.78 Å². The van der Waals surface area contributed by atoms with Gasteiger partial charge in [0, 0.05) is 11.6 Å². The number of ether oxygens (including phenoxy) is 2. The van der Waals surface area contributed by atoms with Gasteiger partial charge in [-0.15, -0.1) is 0 Å². The Kier molecular flexibility index (Phi) is 2.33. The first-order valence-corrected chi connectivity index (χ1v) is 4.66. The highest BCUT2D eigenvalue weighted by Gasteiger charge is 2.16. The topological polar surface area (TPSA) is 35.5 Å². The Morgan fingerprint density at radius 3 is 2.43 bits per heavy atom. The van der Waals surface area contributed by atoms with Crippen molar-refractivity contribution in [3.8, 4) is 11.5 Å². The van der Waals surface area contributed by atoms with E-state index in [1.54, 1.807) is 12.1 Å². The fourth-order valence-electron chi connectivity index (χ4n) is 1.33. The van der Waals surface area contributed by atoms with Crippen LogP contribution in [0.3, 0.4) is 0 Å². The van der Waals surface area contributed by atoms with Gasteiger partial charge in [-0.25, -0.2) is 0 Å². The summed E-state index contributed by atoms with van der Waals surface area (Å²) in [5.41, 5.74) is 0.468. The molecule has 2 rings (SSSR count). The summed E-state index contributed by atoms with van der Waals surface area (Å²) in [6.45, 7) is 2.49. The molecular formula is C10H9ClO3. The Balaban J connectivity index is 2.50. The molecule has 0 atom stereocenters. The fraction of sp³-hybridized carbons (Fsp3) is 0.300. The van der Waals surface area contributed by atoms with Crippen molar-refractivity contribution in [1.29, 1.82) is 0 Å². The Morgan fingerprint density at radius 1 is 1.29 bits per heavy atom. The maximum absolute atomic E-state index is 11.2. The van der Waals surface area contributed by atoms with E-state index in [1.807, 2.05) is 0 Å². The van der Waals surface area contributed by atoms with Crippen molar-refractivity contribution in [3.05, 3.63) is 22.7 Å². The predicted molar refractivity (Wildman–Crippen MR) is 52.4 cm³/mol. The predicted octanol–water partition coefficient (Wildman–Crippen LogP) is 2.31. The van der Waals surface area contributed by atoms with Crippen LogP contribution in [0.2, 0.25) is 5.02 Å². The molecule has 0 spiro atoms. The van der Waals surface area contributed by atoms with Crippen molar-refractivity contribution in [3.63, 3.8) is 0 Å². The molecular weight excluding hydrogens is 204 g/mol. The van der Waals surface area contributed by atoms with Crippen LogP contribution >= 0.6 is 11.6 Å². The Bertz CT molecular complexity index is 387. The smallest absolute Gasteiger partial charge is 0.162 e. The second kappa shape index (κ2) is 3.50. The molecule has 1 aromatic rings. The van der Waals surface area contributed by atoms with Gasteiger partial charge < -0.3 is 9.47 Å². The fourth-order valence-corrected chi connectivity index (χ4v) is 1.62. The van der Waals surface area contributed by atoms with Crippen LogP contribution in [0, 0.1) is 0 Å². The summed E-state index contributed by atoms with van der Waals surface area (Å²) in [5.74, 6) is 1.11. The highest BCUT2D eigenvalue weighted by atomic mass is 35.5. The third kappa shape index (κ3) is 1.55. The van der Waals surface area contributed by atoms with Gasteiger partial charge in [-0.3, -0.25) is 4.79 Å². The van der Waals surface area contributed by atoms with Gasteiger partial charge in [-0.05, 0) is 13.0 Å². The lowest BCUT2D eigenvalue weighted by atomic mass is 10.1. The summed E-state index contributed by atoms with van der Waals surface area (Å²) in [6, 6.07) is 3.24. The minimum atomic E-state index is -0.0769. The van der Waals surface area contributed by atoms with E-state index in [2.05, 4.69) is 0 Å². The molecule has 0 radical (unpaired) electrons. The monoisotopic (exact) mass is 212 g/mol. The van der Waals surface area contributed by atoms with Gasteiger partial charge in [0.2, 0.25) is 0 Å². The summed E-state index contributed by atoms with van der Waals surface area (Å²) in [4.78, 5) is 11.2. The number of halogens is 1. The quantitative estimate of drug-likeness (QED) is 0.671. The minimum absolute atomic E-state index is 0.0769. The summed E-state index contributed by atoms with van der Waals surface area (Å²) < 4.78 is 10.7. The molecule has 0 bridgehead atoms. The van der Waals surface area contributed by atoms with Crippen LogP contribution in [0.4, 0.5) is 0 Å². The molecule has 0 saturated carbocycles. The number of rotatable bonds is 1. The van der Waals surface area contributed by atoms with Crippen molar-refractivity contribution in [2.45, 2.75) is 6.92 Å².